The van der Waals surface area contributed by atoms with Gasteiger partial charge in [-0.2, -0.15) is 0 Å². The van der Waals surface area contributed by atoms with Crippen LogP contribution in [0.15, 0.2) is 30.3 Å². The summed E-state index contributed by atoms with van der Waals surface area (Å²) in [6.45, 7) is 2.79. The molecule has 2 heterocycles. The first-order valence-electron chi connectivity index (χ1n) is 5.45. The molecule has 1 aromatic carbocycles. The number of hydrogen-bond donors (Lipinski definition) is 1. The molecule has 1 fully saturated rings. The Kier molecular flexibility index (Phi) is 1.98. The molecule has 1 aliphatic heterocycles. The highest BCUT2D eigenvalue weighted by Crippen LogP contribution is 2.31. The van der Waals surface area contributed by atoms with Crippen molar-refractivity contribution in [3.63, 3.8) is 0 Å². The Labute approximate surface area is 93.5 Å². The molecule has 0 atom stereocenters. The Morgan fingerprint density at radius 2 is 2.06 bits per heavy atom. The zero-order valence-corrected chi connectivity index (χ0v) is 9.13. The molecular formula is C13H13FN2. The van der Waals surface area contributed by atoms with Crippen molar-refractivity contribution in [1.82, 2.24) is 10.3 Å². The first-order chi connectivity index (χ1) is 7.67. The van der Waals surface area contributed by atoms with E-state index in [1.165, 1.54) is 0 Å². The number of rotatable bonds is 1. The first-order valence-corrected chi connectivity index (χ1v) is 5.45. The average Bonchev–Trinajstić information content (AvgIpc) is 2.25. The van der Waals surface area contributed by atoms with Crippen LogP contribution in [-0.2, 0) is 5.67 Å². The second-order valence-corrected chi connectivity index (χ2v) is 4.43. The van der Waals surface area contributed by atoms with Gasteiger partial charge in [-0.3, -0.25) is 4.98 Å². The number of aromatic nitrogens is 1. The van der Waals surface area contributed by atoms with Crippen LogP contribution in [0.2, 0.25) is 0 Å². The van der Waals surface area contributed by atoms with Crippen molar-refractivity contribution in [3.05, 3.63) is 41.6 Å². The highest BCUT2D eigenvalue weighted by Gasteiger charge is 2.38. The van der Waals surface area contributed by atoms with Gasteiger partial charge in [-0.05, 0) is 30.7 Å². The van der Waals surface area contributed by atoms with Gasteiger partial charge in [-0.1, -0.05) is 12.1 Å². The molecule has 0 radical (unpaired) electrons. The van der Waals surface area contributed by atoms with Crippen LogP contribution < -0.4 is 5.32 Å². The number of aryl methyl sites for hydroxylation is 1. The van der Waals surface area contributed by atoms with Crippen LogP contribution in [0.1, 0.15) is 11.3 Å². The molecule has 1 saturated heterocycles. The van der Waals surface area contributed by atoms with Crippen LogP contribution in [-0.4, -0.2) is 18.1 Å². The van der Waals surface area contributed by atoms with Gasteiger partial charge in [0.2, 0.25) is 0 Å². The highest BCUT2D eigenvalue weighted by atomic mass is 19.1. The lowest BCUT2D eigenvalue weighted by atomic mass is 9.89. The van der Waals surface area contributed by atoms with Crippen LogP contribution in [0, 0.1) is 6.92 Å². The lowest BCUT2D eigenvalue weighted by Gasteiger charge is -2.35. The molecule has 2 nitrogen and oxygen atoms in total. The number of nitrogens with one attached hydrogen (secondary N) is 1. The van der Waals surface area contributed by atoms with E-state index in [9.17, 15) is 4.39 Å². The van der Waals surface area contributed by atoms with Gasteiger partial charge in [0, 0.05) is 24.2 Å². The lowest BCUT2D eigenvalue weighted by Crippen LogP contribution is -2.53. The van der Waals surface area contributed by atoms with E-state index >= 15 is 0 Å². The van der Waals surface area contributed by atoms with E-state index in [0.717, 1.165) is 22.2 Å². The largest absolute Gasteiger partial charge is 0.310 e. The third-order valence-corrected chi connectivity index (χ3v) is 3.16. The molecule has 0 saturated carbocycles. The van der Waals surface area contributed by atoms with Crippen LogP contribution in [0.5, 0.6) is 0 Å². The predicted octanol–water partition coefficient (Wildman–Crippen LogP) is 2.31. The van der Waals surface area contributed by atoms with E-state index < -0.39 is 5.67 Å². The van der Waals surface area contributed by atoms with Gasteiger partial charge < -0.3 is 5.32 Å². The Bertz CT molecular complexity index is 547. The van der Waals surface area contributed by atoms with Gasteiger partial charge in [0.15, 0.2) is 5.67 Å². The summed E-state index contributed by atoms with van der Waals surface area (Å²) >= 11 is 0. The van der Waals surface area contributed by atoms with E-state index in [1.54, 1.807) is 0 Å². The Morgan fingerprint density at radius 1 is 1.25 bits per heavy atom. The molecular weight excluding hydrogens is 203 g/mol. The number of halogens is 1. The SMILES string of the molecule is Cc1ccc2cc(C3(F)CNC3)ccc2n1. The summed E-state index contributed by atoms with van der Waals surface area (Å²) in [5, 5.41) is 3.97. The van der Waals surface area contributed by atoms with Crippen LogP contribution in [0.25, 0.3) is 10.9 Å². The minimum Gasteiger partial charge on any atom is -0.310 e. The Morgan fingerprint density at radius 3 is 2.75 bits per heavy atom. The molecule has 3 heteroatoms. The summed E-state index contributed by atoms with van der Waals surface area (Å²) in [5.41, 5.74) is 1.49. The van der Waals surface area contributed by atoms with E-state index in [0.29, 0.717) is 13.1 Å². The molecule has 3 rings (SSSR count). The van der Waals surface area contributed by atoms with Gasteiger partial charge in [0.25, 0.3) is 0 Å². The van der Waals surface area contributed by atoms with Crippen LogP contribution in [0.4, 0.5) is 4.39 Å². The molecule has 0 spiro atoms. The molecule has 0 aliphatic carbocycles. The van der Waals surface area contributed by atoms with Crippen LogP contribution in [0.3, 0.4) is 0 Å². The number of benzene rings is 1. The summed E-state index contributed by atoms with van der Waals surface area (Å²) in [4.78, 5) is 4.40. The minimum atomic E-state index is -1.18. The Balaban J connectivity index is 2.12. The molecule has 0 amide bonds. The van der Waals surface area contributed by atoms with E-state index in [2.05, 4.69) is 10.3 Å². The zero-order valence-electron chi connectivity index (χ0n) is 9.13. The van der Waals surface area contributed by atoms with E-state index in [1.807, 2.05) is 37.3 Å². The summed E-state index contributed by atoms with van der Waals surface area (Å²) < 4.78 is 14.2. The van der Waals surface area contributed by atoms with Gasteiger partial charge in [-0.15, -0.1) is 0 Å². The van der Waals surface area contributed by atoms with Crippen molar-refractivity contribution < 1.29 is 4.39 Å². The van der Waals surface area contributed by atoms with Crippen molar-refractivity contribution in [2.24, 2.45) is 0 Å². The first kappa shape index (κ1) is 9.73. The molecule has 1 N–H and O–H groups in total. The average molecular weight is 216 g/mol. The maximum Gasteiger partial charge on any atom is 0.160 e. The third-order valence-electron chi connectivity index (χ3n) is 3.16. The highest BCUT2D eigenvalue weighted by molar-refractivity contribution is 5.79. The van der Waals surface area contributed by atoms with Gasteiger partial charge >= 0.3 is 0 Å². The fourth-order valence-corrected chi connectivity index (χ4v) is 2.05. The zero-order chi connectivity index (χ0) is 11.2. The number of nitrogens with zero attached hydrogens (tertiary/aromatic N) is 1. The normalized spacial score (nSPS) is 18.4. The molecule has 82 valence electrons. The molecule has 1 aromatic heterocycles. The quantitative estimate of drug-likeness (QED) is 0.791. The minimum absolute atomic E-state index is 0.414. The molecule has 0 unspecified atom stereocenters. The molecule has 0 bridgehead atoms. The maximum atomic E-state index is 14.2. The van der Waals surface area contributed by atoms with Crippen LogP contribution >= 0.6 is 0 Å². The topological polar surface area (TPSA) is 24.9 Å². The van der Waals surface area contributed by atoms with Gasteiger partial charge in [0.05, 0.1) is 5.52 Å². The molecule has 16 heavy (non-hydrogen) atoms. The van der Waals surface area contributed by atoms with E-state index in [-0.39, 0.29) is 0 Å². The monoisotopic (exact) mass is 216 g/mol. The van der Waals surface area contributed by atoms with Gasteiger partial charge in [-0.25, -0.2) is 4.39 Å². The third kappa shape index (κ3) is 1.39. The van der Waals surface area contributed by atoms with Crippen molar-refractivity contribution in [2.45, 2.75) is 12.6 Å². The predicted molar refractivity (Wildman–Crippen MR) is 62.1 cm³/mol. The standard InChI is InChI=1S/C13H13FN2/c1-9-2-3-10-6-11(4-5-12(10)16-9)13(14)7-15-8-13/h2-6,15H,7-8H2,1H3. The number of hydrogen-bond acceptors (Lipinski definition) is 2. The number of fused-ring (bicyclic) bond motifs is 1. The van der Waals surface area contributed by atoms with Crippen molar-refractivity contribution >= 4 is 10.9 Å². The summed E-state index contributed by atoms with van der Waals surface area (Å²) in [6, 6.07) is 9.60. The summed E-state index contributed by atoms with van der Waals surface area (Å²) in [5.74, 6) is 0. The number of alkyl halides is 1. The second kappa shape index (κ2) is 3.25. The second-order valence-electron chi connectivity index (χ2n) is 4.43. The molecule has 2 aromatic rings. The lowest BCUT2D eigenvalue weighted by molar-refractivity contribution is 0.0893. The van der Waals surface area contributed by atoms with Gasteiger partial charge in [0.1, 0.15) is 0 Å². The smallest absolute Gasteiger partial charge is 0.160 e. The van der Waals surface area contributed by atoms with Crippen molar-refractivity contribution in [2.75, 3.05) is 13.1 Å². The summed E-state index contributed by atoms with van der Waals surface area (Å²) in [6.07, 6.45) is 0. The number of pyridine rings is 1. The van der Waals surface area contributed by atoms with Crippen molar-refractivity contribution in [1.29, 1.82) is 0 Å². The van der Waals surface area contributed by atoms with E-state index in [4.69, 9.17) is 0 Å². The molecule has 1 aliphatic rings. The Hall–Kier alpha value is -1.48. The summed E-state index contributed by atoms with van der Waals surface area (Å²) in [7, 11) is 0. The fraction of sp³-hybridized carbons (Fsp3) is 0.308. The van der Waals surface area contributed by atoms with Crippen molar-refractivity contribution in [3.8, 4) is 0 Å². The fourth-order valence-electron chi connectivity index (χ4n) is 2.05. The maximum absolute atomic E-state index is 14.2.